The van der Waals surface area contributed by atoms with E-state index < -0.39 is 15.9 Å². The van der Waals surface area contributed by atoms with E-state index in [1.807, 2.05) is 31.2 Å². The summed E-state index contributed by atoms with van der Waals surface area (Å²) in [6.45, 7) is 1.70. The van der Waals surface area contributed by atoms with E-state index in [0.29, 0.717) is 17.2 Å². The van der Waals surface area contributed by atoms with E-state index in [1.54, 1.807) is 18.2 Å². The minimum Gasteiger partial charge on any atom is -0.338 e. The summed E-state index contributed by atoms with van der Waals surface area (Å²) in [5, 5.41) is 14.0. The third-order valence-electron chi connectivity index (χ3n) is 4.13. The maximum absolute atomic E-state index is 12.5. The van der Waals surface area contributed by atoms with Crippen molar-refractivity contribution in [3.05, 3.63) is 70.6 Å². The molecule has 0 aliphatic heterocycles. The molecule has 4 rings (SSSR count). The van der Waals surface area contributed by atoms with Crippen molar-refractivity contribution in [1.29, 1.82) is 0 Å². The van der Waals surface area contributed by atoms with Crippen LogP contribution >= 0.6 is 22.9 Å². The minimum atomic E-state index is -4.02. The Morgan fingerprint density at radius 2 is 1.97 bits per heavy atom. The lowest BCUT2D eigenvalue weighted by Gasteiger charge is -2.02. The van der Waals surface area contributed by atoms with Gasteiger partial charge < -0.3 is 4.52 Å². The highest BCUT2D eigenvalue weighted by Gasteiger charge is 2.22. The average Bonchev–Trinajstić information content (AvgIpc) is 3.43. The molecule has 32 heavy (non-hydrogen) atoms. The van der Waals surface area contributed by atoms with E-state index in [2.05, 4.69) is 30.4 Å². The molecule has 4 aromatic rings. The van der Waals surface area contributed by atoms with Crippen LogP contribution in [-0.4, -0.2) is 34.7 Å². The number of benzene rings is 2. The van der Waals surface area contributed by atoms with Crippen molar-refractivity contribution in [2.45, 2.75) is 17.8 Å². The summed E-state index contributed by atoms with van der Waals surface area (Å²) in [6, 6.07) is 14.0. The number of aromatic nitrogens is 4. The summed E-state index contributed by atoms with van der Waals surface area (Å²) in [5.41, 5.74) is 2.02. The number of halogens is 1. The summed E-state index contributed by atoms with van der Waals surface area (Å²) in [4.78, 5) is 16.5. The molecule has 0 radical (unpaired) electrons. The van der Waals surface area contributed by atoms with Crippen LogP contribution in [0.4, 0.5) is 5.13 Å². The molecule has 2 aromatic carbocycles. The van der Waals surface area contributed by atoms with E-state index in [9.17, 15) is 13.2 Å². The van der Waals surface area contributed by atoms with Gasteiger partial charge in [-0.3, -0.25) is 10.1 Å². The number of amides is 1. The molecule has 2 aromatic heterocycles. The van der Waals surface area contributed by atoms with Crippen molar-refractivity contribution >= 4 is 44.0 Å². The summed E-state index contributed by atoms with van der Waals surface area (Å²) in [5.74, 6) is -0.0941. The molecule has 0 saturated carbocycles. The highest BCUT2D eigenvalue weighted by atomic mass is 35.5. The monoisotopic (exact) mass is 490 g/mol. The lowest BCUT2D eigenvalue weighted by atomic mass is 10.1. The SMILES string of the molecule is Cc1cccc(-c2noc(CNS(=O)(=O)c3nnc(NC(=O)c4ccccc4Cl)s3)n2)c1. The van der Waals surface area contributed by atoms with Gasteiger partial charge in [-0.1, -0.05) is 64.0 Å². The van der Waals surface area contributed by atoms with Gasteiger partial charge in [-0.05, 0) is 25.1 Å². The molecule has 10 nitrogen and oxygen atoms in total. The third kappa shape index (κ3) is 4.99. The molecule has 0 spiro atoms. The van der Waals surface area contributed by atoms with Crippen molar-refractivity contribution < 1.29 is 17.7 Å². The lowest BCUT2D eigenvalue weighted by Crippen LogP contribution is -2.23. The number of hydrogen-bond donors (Lipinski definition) is 2. The molecule has 0 aliphatic rings. The number of nitrogens with one attached hydrogen (secondary N) is 2. The fourth-order valence-electron chi connectivity index (χ4n) is 2.63. The first-order chi connectivity index (χ1) is 15.3. The number of rotatable bonds is 7. The van der Waals surface area contributed by atoms with Crippen molar-refractivity contribution in [3.63, 3.8) is 0 Å². The van der Waals surface area contributed by atoms with Gasteiger partial charge in [-0.25, -0.2) is 8.42 Å². The van der Waals surface area contributed by atoms with Gasteiger partial charge >= 0.3 is 0 Å². The third-order valence-corrected chi connectivity index (χ3v) is 7.07. The van der Waals surface area contributed by atoms with Crippen molar-refractivity contribution in [3.8, 4) is 11.4 Å². The normalized spacial score (nSPS) is 11.4. The highest BCUT2D eigenvalue weighted by molar-refractivity contribution is 7.91. The van der Waals surface area contributed by atoms with Gasteiger partial charge in [-0.15, -0.1) is 10.2 Å². The molecule has 13 heteroatoms. The highest BCUT2D eigenvalue weighted by Crippen LogP contribution is 2.23. The lowest BCUT2D eigenvalue weighted by molar-refractivity contribution is 0.102. The standard InChI is InChI=1S/C19H15ClN6O4S2/c1-11-5-4-6-12(9-11)16-22-15(30-26-16)10-21-32(28,29)19-25-24-18(31-19)23-17(27)13-7-2-3-8-14(13)20/h2-9,21H,10H2,1H3,(H,23,24,27). The first kappa shape index (κ1) is 22.0. The van der Waals surface area contributed by atoms with E-state index >= 15 is 0 Å². The van der Waals surface area contributed by atoms with E-state index in [4.69, 9.17) is 16.1 Å². The quantitative estimate of drug-likeness (QED) is 0.376. The summed E-state index contributed by atoms with van der Waals surface area (Å²) in [6.07, 6.45) is 0. The van der Waals surface area contributed by atoms with E-state index in [0.717, 1.165) is 11.1 Å². The molecule has 0 saturated heterocycles. The van der Waals surface area contributed by atoms with Gasteiger partial charge in [0.1, 0.15) is 0 Å². The van der Waals surface area contributed by atoms with Crippen molar-refractivity contribution in [1.82, 2.24) is 25.1 Å². The van der Waals surface area contributed by atoms with Gasteiger partial charge in [0.25, 0.3) is 15.9 Å². The first-order valence-corrected chi connectivity index (χ1v) is 11.8. The molecular formula is C19H15ClN6O4S2. The smallest absolute Gasteiger partial charge is 0.270 e. The number of hydrogen-bond acceptors (Lipinski definition) is 9. The Labute approximate surface area is 191 Å². The Kier molecular flexibility index (Phi) is 6.28. The molecule has 1 amide bonds. The number of aryl methyl sites for hydroxylation is 1. The summed E-state index contributed by atoms with van der Waals surface area (Å²) < 4.78 is 32.2. The predicted octanol–water partition coefficient (Wildman–Crippen LogP) is 3.28. The van der Waals surface area contributed by atoms with Crippen LogP contribution in [0.3, 0.4) is 0 Å². The van der Waals surface area contributed by atoms with Crippen LogP contribution in [0.1, 0.15) is 21.8 Å². The summed E-state index contributed by atoms with van der Waals surface area (Å²) >= 11 is 6.68. The van der Waals surface area contributed by atoms with Crippen LogP contribution < -0.4 is 10.0 Å². The Morgan fingerprint density at radius 3 is 2.75 bits per heavy atom. The van der Waals surface area contributed by atoms with E-state index in [1.165, 1.54) is 6.07 Å². The van der Waals surface area contributed by atoms with Crippen LogP contribution in [0.25, 0.3) is 11.4 Å². The fourth-order valence-corrected chi connectivity index (χ4v) is 4.76. The number of carbonyl (C=O) groups excluding carboxylic acids is 1. The van der Waals surface area contributed by atoms with Gasteiger partial charge in [0.05, 0.1) is 17.1 Å². The number of carbonyl (C=O) groups is 1. The number of nitrogens with zero attached hydrogens (tertiary/aromatic N) is 4. The van der Waals surface area contributed by atoms with Crippen LogP contribution in [-0.2, 0) is 16.6 Å². The molecule has 0 unspecified atom stereocenters. The zero-order valence-corrected chi connectivity index (χ0v) is 18.8. The average molecular weight is 491 g/mol. The second kappa shape index (κ2) is 9.12. The zero-order chi connectivity index (χ0) is 22.7. The van der Waals surface area contributed by atoms with Gasteiger partial charge in [0, 0.05) is 5.56 Å². The fraction of sp³-hybridized carbons (Fsp3) is 0.105. The van der Waals surface area contributed by atoms with Crippen LogP contribution in [0, 0.1) is 6.92 Å². The van der Waals surface area contributed by atoms with E-state index in [-0.39, 0.29) is 32.5 Å². The van der Waals surface area contributed by atoms with Gasteiger partial charge in [-0.2, -0.15) is 9.71 Å². The Hall–Kier alpha value is -3.19. The molecule has 0 aliphatic carbocycles. The zero-order valence-electron chi connectivity index (χ0n) is 16.4. The molecule has 0 bridgehead atoms. The minimum absolute atomic E-state index is 0.00909. The Balaban J connectivity index is 1.41. The van der Waals surface area contributed by atoms with Crippen LogP contribution in [0.15, 0.2) is 57.4 Å². The maximum atomic E-state index is 12.5. The molecular weight excluding hydrogens is 476 g/mol. The van der Waals surface area contributed by atoms with Crippen molar-refractivity contribution in [2.75, 3.05) is 5.32 Å². The molecule has 164 valence electrons. The molecule has 0 atom stereocenters. The second-order valence-electron chi connectivity index (χ2n) is 6.51. The van der Waals surface area contributed by atoms with Gasteiger partial charge in [0.15, 0.2) is 0 Å². The predicted molar refractivity (Wildman–Crippen MR) is 118 cm³/mol. The van der Waals surface area contributed by atoms with Crippen LogP contribution in [0.2, 0.25) is 5.02 Å². The van der Waals surface area contributed by atoms with Gasteiger partial charge in [0.2, 0.25) is 21.2 Å². The Bertz CT molecular complexity index is 1390. The first-order valence-electron chi connectivity index (χ1n) is 9.10. The number of anilines is 1. The number of sulfonamides is 1. The summed E-state index contributed by atoms with van der Waals surface area (Å²) in [7, 11) is -4.02. The van der Waals surface area contributed by atoms with Crippen LogP contribution in [0.5, 0.6) is 0 Å². The topological polar surface area (TPSA) is 140 Å². The second-order valence-corrected chi connectivity index (χ2v) is 9.84. The molecule has 2 N–H and O–H groups in total. The molecule has 2 heterocycles. The van der Waals surface area contributed by atoms with Crippen molar-refractivity contribution in [2.24, 2.45) is 0 Å². The largest absolute Gasteiger partial charge is 0.338 e. The molecule has 0 fully saturated rings. The maximum Gasteiger partial charge on any atom is 0.270 e. The Morgan fingerprint density at radius 1 is 1.16 bits per heavy atom.